The second kappa shape index (κ2) is 17.0. The van der Waals surface area contributed by atoms with E-state index < -0.39 is 91.3 Å². The lowest BCUT2D eigenvalue weighted by Gasteiger charge is -2.28. The molecule has 0 spiro atoms. The molecule has 2 unspecified atom stereocenters. The molecule has 2 atom stereocenters. The molecular formula is C30H39N7O13S. The largest absolute Gasteiger partial charge is 0.443 e. The van der Waals surface area contributed by atoms with E-state index in [-0.39, 0.29) is 38.0 Å². The molecule has 0 bridgehead atoms. The summed E-state index contributed by atoms with van der Waals surface area (Å²) < 4.78 is 38.0. The number of anilines is 1. The summed E-state index contributed by atoms with van der Waals surface area (Å²) in [6, 6.07) is 0.148. The normalized spacial score (nSPS) is 16.4. The quantitative estimate of drug-likeness (QED) is 0.0574. The van der Waals surface area contributed by atoms with Crippen LogP contribution in [0.2, 0.25) is 0 Å². The number of ether oxygens (including phenoxy) is 1. The minimum absolute atomic E-state index is 0.0124. The standard InChI is InChI=1S/C30H39N7O13S/c1-30(2,3)50-29(44)34-33-26(41)19-11-10-18(16-22(19)37(45)46)31-27(42)21-8-7-15-35(21)28(43)20(17-51(47,48)49)32-23(38)9-5-4-6-14-36-24(39)12-13-25(36)40/h10-13,16,20-21H,4-9,14-15,17H2,1-3H3,(H,31,42)(H,32,38)(H,33,41)(H,34,44)(H,47,48,49). The maximum absolute atomic E-state index is 13.5. The van der Waals surface area contributed by atoms with Gasteiger partial charge in [0.05, 0.1) is 4.92 Å². The van der Waals surface area contributed by atoms with Gasteiger partial charge in [-0.15, -0.1) is 0 Å². The lowest BCUT2D eigenvalue weighted by Crippen LogP contribution is -2.54. The zero-order valence-electron chi connectivity index (χ0n) is 28.0. The second-order valence-electron chi connectivity index (χ2n) is 12.6. The van der Waals surface area contributed by atoms with E-state index in [0.29, 0.717) is 19.3 Å². The van der Waals surface area contributed by atoms with Crippen LogP contribution in [0.4, 0.5) is 16.2 Å². The fraction of sp³-hybridized carbons (Fsp3) is 0.500. The highest BCUT2D eigenvalue weighted by Gasteiger charge is 2.39. The van der Waals surface area contributed by atoms with Gasteiger partial charge in [0.1, 0.15) is 29.0 Å². The zero-order chi connectivity index (χ0) is 38.1. The van der Waals surface area contributed by atoms with Gasteiger partial charge in [0.15, 0.2) is 0 Å². The molecule has 7 amide bonds. The van der Waals surface area contributed by atoms with E-state index in [9.17, 15) is 56.6 Å². The molecule has 2 aliphatic rings. The molecule has 5 N–H and O–H groups in total. The summed E-state index contributed by atoms with van der Waals surface area (Å²) >= 11 is 0. The number of hydrazine groups is 1. The van der Waals surface area contributed by atoms with Crippen LogP contribution >= 0.6 is 0 Å². The van der Waals surface area contributed by atoms with Gasteiger partial charge in [-0.1, -0.05) is 6.42 Å². The number of carbonyl (C=O) groups is 7. The third kappa shape index (κ3) is 12.1. The zero-order valence-corrected chi connectivity index (χ0v) is 28.8. The highest BCUT2D eigenvalue weighted by Crippen LogP contribution is 2.26. The Bertz CT molecular complexity index is 1700. The number of rotatable bonds is 14. The van der Waals surface area contributed by atoms with Crippen LogP contribution in [0.15, 0.2) is 30.4 Å². The average Bonchev–Trinajstić information content (AvgIpc) is 3.64. The monoisotopic (exact) mass is 737 g/mol. The number of amides is 7. The first kappa shape index (κ1) is 40.0. The molecule has 20 nitrogen and oxygen atoms in total. The van der Waals surface area contributed by atoms with Gasteiger partial charge in [-0.3, -0.25) is 53.8 Å². The first-order valence-electron chi connectivity index (χ1n) is 15.7. The Hall–Kier alpha value is -5.44. The van der Waals surface area contributed by atoms with Crippen LogP contribution in [0, 0.1) is 10.1 Å². The summed E-state index contributed by atoms with van der Waals surface area (Å²) in [6.45, 7) is 4.89. The first-order valence-corrected chi connectivity index (χ1v) is 17.3. The van der Waals surface area contributed by atoms with Gasteiger partial charge in [-0.2, -0.15) is 8.42 Å². The number of likely N-dealkylation sites (tertiary alicyclic amines) is 1. The van der Waals surface area contributed by atoms with E-state index in [4.69, 9.17) is 4.74 Å². The van der Waals surface area contributed by atoms with Crippen LogP contribution in [0.1, 0.15) is 69.7 Å². The van der Waals surface area contributed by atoms with E-state index in [2.05, 4.69) is 10.6 Å². The maximum atomic E-state index is 13.5. The molecule has 0 aliphatic carbocycles. The van der Waals surface area contributed by atoms with Gasteiger partial charge in [-0.05, 0) is 58.6 Å². The van der Waals surface area contributed by atoms with Crippen molar-refractivity contribution in [2.45, 2.75) is 77.0 Å². The van der Waals surface area contributed by atoms with E-state index in [0.717, 1.165) is 34.1 Å². The Morgan fingerprint density at radius 2 is 1.73 bits per heavy atom. The Kier molecular flexibility index (Phi) is 13.3. The fourth-order valence-corrected chi connectivity index (χ4v) is 5.84. The number of hydrogen-bond donors (Lipinski definition) is 5. The predicted octanol–water partition coefficient (Wildman–Crippen LogP) is 0.552. The van der Waals surface area contributed by atoms with Gasteiger partial charge in [0, 0.05) is 43.4 Å². The number of nitrogens with zero attached hydrogens (tertiary/aromatic N) is 3. The van der Waals surface area contributed by atoms with Crippen molar-refractivity contribution < 1.29 is 56.2 Å². The Morgan fingerprint density at radius 1 is 1.06 bits per heavy atom. The molecule has 1 saturated heterocycles. The Labute approximate surface area is 292 Å². The van der Waals surface area contributed by atoms with E-state index >= 15 is 0 Å². The number of nitro groups is 1. The topological polar surface area (TPSA) is 281 Å². The van der Waals surface area contributed by atoms with Crippen molar-refractivity contribution >= 4 is 63.0 Å². The van der Waals surface area contributed by atoms with E-state index in [1.54, 1.807) is 20.8 Å². The second-order valence-corrected chi connectivity index (χ2v) is 14.1. The van der Waals surface area contributed by atoms with Crippen molar-refractivity contribution in [1.29, 1.82) is 0 Å². The van der Waals surface area contributed by atoms with Gasteiger partial charge in [0.2, 0.25) is 17.7 Å². The number of nitrogens with one attached hydrogen (secondary N) is 4. The Morgan fingerprint density at radius 3 is 2.33 bits per heavy atom. The van der Waals surface area contributed by atoms with Crippen LogP contribution in [0.25, 0.3) is 0 Å². The fourth-order valence-electron chi connectivity index (χ4n) is 5.20. The highest BCUT2D eigenvalue weighted by atomic mass is 32.2. The molecular weight excluding hydrogens is 698 g/mol. The smallest absolute Gasteiger partial charge is 0.426 e. The summed E-state index contributed by atoms with van der Waals surface area (Å²) in [5.74, 6) is -5.59. The lowest BCUT2D eigenvalue weighted by atomic mass is 10.1. The Balaban J connectivity index is 1.63. The average molecular weight is 738 g/mol. The van der Waals surface area contributed by atoms with Gasteiger partial charge in [-0.25, -0.2) is 10.2 Å². The lowest BCUT2D eigenvalue weighted by molar-refractivity contribution is -0.385. The van der Waals surface area contributed by atoms with Crippen LogP contribution in [0.5, 0.6) is 0 Å². The third-order valence-corrected chi connectivity index (χ3v) is 8.17. The van der Waals surface area contributed by atoms with Crippen molar-refractivity contribution in [2.24, 2.45) is 0 Å². The molecule has 0 aromatic heterocycles. The maximum Gasteiger partial charge on any atom is 0.426 e. The molecule has 21 heteroatoms. The molecule has 1 fully saturated rings. The minimum atomic E-state index is -4.78. The van der Waals surface area contributed by atoms with Crippen molar-refractivity contribution in [2.75, 3.05) is 24.2 Å². The SMILES string of the molecule is CC(C)(C)OC(=O)NNC(=O)c1ccc(NC(=O)C2CCCN2C(=O)C(CS(=O)(=O)O)NC(=O)CCCCCN2C(=O)C=CC2=O)cc1[N+](=O)[O-]. The van der Waals surface area contributed by atoms with Gasteiger partial charge >= 0.3 is 6.09 Å². The summed E-state index contributed by atoms with van der Waals surface area (Å²) in [4.78, 5) is 100.0. The van der Waals surface area contributed by atoms with Crippen LogP contribution in [0.3, 0.4) is 0 Å². The van der Waals surface area contributed by atoms with Crippen LogP contribution < -0.4 is 21.5 Å². The minimum Gasteiger partial charge on any atom is -0.443 e. The number of unbranched alkanes of at least 4 members (excludes halogenated alkanes) is 2. The van der Waals surface area contributed by atoms with Gasteiger partial charge in [0.25, 0.3) is 33.5 Å². The van der Waals surface area contributed by atoms with Gasteiger partial charge < -0.3 is 20.3 Å². The predicted molar refractivity (Wildman–Crippen MR) is 176 cm³/mol. The van der Waals surface area contributed by atoms with Crippen molar-refractivity contribution in [3.05, 3.63) is 46.0 Å². The molecule has 3 rings (SSSR count). The summed E-state index contributed by atoms with van der Waals surface area (Å²) in [6.07, 6.45) is 2.64. The molecule has 0 radical (unpaired) electrons. The van der Waals surface area contributed by atoms with Crippen molar-refractivity contribution in [1.82, 2.24) is 26.0 Å². The number of hydrogen-bond acceptors (Lipinski definition) is 12. The molecule has 2 heterocycles. The molecule has 51 heavy (non-hydrogen) atoms. The van der Waals surface area contributed by atoms with E-state index in [1.807, 2.05) is 10.9 Å². The summed E-state index contributed by atoms with van der Waals surface area (Å²) in [5.41, 5.74) is 1.76. The highest BCUT2D eigenvalue weighted by molar-refractivity contribution is 7.85. The van der Waals surface area contributed by atoms with E-state index in [1.165, 1.54) is 6.07 Å². The third-order valence-electron chi connectivity index (χ3n) is 7.42. The summed E-state index contributed by atoms with van der Waals surface area (Å²) in [7, 11) is -4.78. The molecule has 1 aromatic carbocycles. The number of benzene rings is 1. The molecule has 0 saturated carbocycles. The van der Waals surface area contributed by atoms with Crippen molar-refractivity contribution in [3.8, 4) is 0 Å². The number of carbonyl (C=O) groups excluding carboxylic acids is 7. The molecule has 278 valence electrons. The summed E-state index contributed by atoms with van der Waals surface area (Å²) in [5, 5.41) is 16.5. The van der Waals surface area contributed by atoms with Crippen LogP contribution in [-0.2, 0) is 38.8 Å². The number of imide groups is 1. The molecule has 2 aliphatic heterocycles. The molecule has 1 aromatic rings. The van der Waals surface area contributed by atoms with Crippen molar-refractivity contribution in [3.63, 3.8) is 0 Å². The van der Waals surface area contributed by atoms with Crippen LogP contribution in [-0.4, -0.2) is 106 Å². The number of nitro benzene ring substituents is 1. The first-order chi connectivity index (χ1) is 23.8.